The zero-order valence-corrected chi connectivity index (χ0v) is 21.9. The third-order valence-corrected chi connectivity index (χ3v) is 7.63. The molecule has 7 nitrogen and oxygen atoms in total. The highest BCUT2D eigenvalue weighted by atomic mass is 19.1. The molecule has 2 aliphatic rings. The molecular weight excluding hydrogens is 493 g/mol. The van der Waals surface area contributed by atoms with E-state index in [-0.39, 0.29) is 11.9 Å². The van der Waals surface area contributed by atoms with Crippen molar-refractivity contribution in [2.24, 2.45) is 15.9 Å². The Morgan fingerprint density at radius 3 is 1.97 bits per heavy atom. The summed E-state index contributed by atoms with van der Waals surface area (Å²) in [7, 11) is 0. The van der Waals surface area contributed by atoms with Gasteiger partial charge in [-0.15, -0.1) is 0 Å². The lowest BCUT2D eigenvalue weighted by molar-refractivity contribution is -0.110. The number of hydrogen-bond acceptors (Lipinski definition) is 5. The topological polar surface area (TPSA) is 109 Å². The highest BCUT2D eigenvalue weighted by molar-refractivity contribution is 6.19. The number of hydrogen-bond donors (Lipinski definition) is 3. The van der Waals surface area contributed by atoms with Crippen molar-refractivity contribution in [3.63, 3.8) is 0 Å². The van der Waals surface area contributed by atoms with E-state index < -0.39 is 5.41 Å². The van der Waals surface area contributed by atoms with Crippen LogP contribution in [0.3, 0.4) is 0 Å². The van der Waals surface area contributed by atoms with Crippen LogP contribution in [0.5, 0.6) is 0 Å². The maximum Gasteiger partial charge on any atom is 0.207 e. The van der Waals surface area contributed by atoms with E-state index in [4.69, 9.17) is 10.8 Å². The van der Waals surface area contributed by atoms with Gasteiger partial charge < -0.3 is 16.4 Å². The second-order valence-electron chi connectivity index (χ2n) is 10.3. The molecule has 0 aromatic heterocycles. The zero-order valence-electron chi connectivity index (χ0n) is 21.9. The van der Waals surface area contributed by atoms with Crippen molar-refractivity contribution in [1.29, 1.82) is 0 Å². The predicted octanol–water partition coefficient (Wildman–Crippen LogP) is 3.69. The van der Waals surface area contributed by atoms with E-state index in [1.807, 2.05) is 6.92 Å². The molecule has 1 atom stereocenters. The summed E-state index contributed by atoms with van der Waals surface area (Å²) >= 11 is 0. The summed E-state index contributed by atoms with van der Waals surface area (Å²) in [5, 5.41) is 14.9. The van der Waals surface area contributed by atoms with Gasteiger partial charge in [0, 0.05) is 25.6 Å². The standard InChI is InChI=1S/C31H32FN5O2/c1-20(33)15-31(30-14-29(36-37-30)23-6-8-26(32)9-7-23)27-10-2-21(16-34-18-38)12-24(27)4-5-25-13-22(17-35-19-39)3-11-28(25)31/h2-3,6-13,18-20H,4-5,14-17,33H2,1H3,(H,34,38)(H,35,39)/t20-/m1/s1. The molecule has 1 aliphatic heterocycles. The summed E-state index contributed by atoms with van der Waals surface area (Å²) in [6, 6.07) is 18.9. The molecule has 8 heteroatoms. The van der Waals surface area contributed by atoms with Gasteiger partial charge in [0.15, 0.2) is 0 Å². The number of aryl methyl sites for hydroxylation is 2. The van der Waals surface area contributed by atoms with Gasteiger partial charge in [-0.05, 0) is 77.3 Å². The molecule has 0 fully saturated rings. The van der Waals surface area contributed by atoms with Gasteiger partial charge in [0.25, 0.3) is 0 Å². The monoisotopic (exact) mass is 525 g/mol. The van der Waals surface area contributed by atoms with E-state index >= 15 is 0 Å². The second kappa shape index (κ2) is 11.3. The van der Waals surface area contributed by atoms with Crippen molar-refractivity contribution in [2.45, 2.75) is 57.2 Å². The fourth-order valence-electron chi connectivity index (χ4n) is 6.01. The van der Waals surface area contributed by atoms with Gasteiger partial charge in [-0.3, -0.25) is 9.59 Å². The number of amides is 2. The van der Waals surface area contributed by atoms with Crippen molar-refractivity contribution >= 4 is 24.2 Å². The molecule has 1 aliphatic carbocycles. The Labute approximate surface area is 227 Å². The fraction of sp³-hybridized carbons (Fsp3) is 0.290. The van der Waals surface area contributed by atoms with Crippen LogP contribution in [0.1, 0.15) is 58.7 Å². The normalized spacial score (nSPS) is 16.2. The first-order valence-corrected chi connectivity index (χ1v) is 13.2. The van der Waals surface area contributed by atoms with E-state index in [1.165, 1.54) is 23.3 Å². The Morgan fingerprint density at radius 1 is 0.897 bits per heavy atom. The molecule has 3 aromatic rings. The van der Waals surface area contributed by atoms with Gasteiger partial charge in [-0.25, -0.2) is 4.39 Å². The summed E-state index contributed by atoms with van der Waals surface area (Å²) in [6.07, 6.45) is 4.16. The van der Waals surface area contributed by atoms with Gasteiger partial charge in [0.05, 0.1) is 16.8 Å². The Kier molecular flexibility index (Phi) is 7.65. The van der Waals surface area contributed by atoms with Crippen LogP contribution in [-0.2, 0) is 40.9 Å². The third kappa shape index (κ3) is 5.25. The average Bonchev–Trinajstić information content (AvgIpc) is 3.39. The van der Waals surface area contributed by atoms with Gasteiger partial charge in [-0.2, -0.15) is 10.2 Å². The summed E-state index contributed by atoms with van der Waals surface area (Å²) in [4.78, 5) is 21.9. The van der Waals surface area contributed by atoms with Crippen LogP contribution in [0.4, 0.5) is 4.39 Å². The first kappa shape index (κ1) is 26.4. The number of fused-ring (bicyclic) bond motifs is 2. The Hall–Kier alpha value is -4.17. The molecule has 0 spiro atoms. The number of halogens is 1. The zero-order chi connectivity index (χ0) is 27.4. The molecule has 200 valence electrons. The number of nitrogens with two attached hydrogens (primary N) is 1. The number of benzene rings is 3. The first-order chi connectivity index (χ1) is 18.9. The average molecular weight is 526 g/mol. The molecule has 1 heterocycles. The van der Waals surface area contributed by atoms with E-state index in [0.717, 1.165) is 52.1 Å². The molecule has 2 amide bonds. The lowest BCUT2D eigenvalue weighted by Crippen LogP contribution is -2.43. The Bertz CT molecular complexity index is 1380. The van der Waals surface area contributed by atoms with Crippen LogP contribution in [-0.4, -0.2) is 30.3 Å². The van der Waals surface area contributed by atoms with E-state index in [2.05, 4.69) is 52.1 Å². The van der Waals surface area contributed by atoms with Crippen molar-refractivity contribution in [1.82, 2.24) is 10.6 Å². The van der Waals surface area contributed by atoms with Crippen molar-refractivity contribution in [3.8, 4) is 0 Å². The van der Waals surface area contributed by atoms with Crippen LogP contribution < -0.4 is 16.4 Å². The maximum atomic E-state index is 13.6. The number of carbonyl (C=O) groups excluding carboxylic acids is 2. The molecule has 0 bridgehead atoms. The summed E-state index contributed by atoms with van der Waals surface area (Å²) in [6.45, 7) is 2.91. The van der Waals surface area contributed by atoms with Gasteiger partial charge in [0.1, 0.15) is 5.82 Å². The minimum absolute atomic E-state index is 0.144. The van der Waals surface area contributed by atoms with Gasteiger partial charge in [0.2, 0.25) is 12.8 Å². The quantitative estimate of drug-likeness (QED) is 0.351. The molecule has 4 N–H and O–H groups in total. The molecular formula is C31H32FN5O2. The van der Waals surface area contributed by atoms with Gasteiger partial charge in [-0.1, -0.05) is 48.5 Å². The summed E-state index contributed by atoms with van der Waals surface area (Å²) in [5.74, 6) is -0.293. The molecule has 0 saturated carbocycles. The largest absolute Gasteiger partial charge is 0.355 e. The number of rotatable bonds is 10. The maximum absolute atomic E-state index is 13.6. The minimum atomic E-state index is -0.631. The van der Waals surface area contributed by atoms with Crippen LogP contribution >= 0.6 is 0 Å². The molecule has 5 rings (SSSR count). The first-order valence-electron chi connectivity index (χ1n) is 13.2. The van der Waals surface area contributed by atoms with E-state index in [1.54, 1.807) is 12.1 Å². The fourth-order valence-corrected chi connectivity index (χ4v) is 6.01. The van der Waals surface area contributed by atoms with Crippen LogP contribution in [0, 0.1) is 5.82 Å². The van der Waals surface area contributed by atoms with Crippen LogP contribution in [0.2, 0.25) is 0 Å². The van der Waals surface area contributed by atoms with Crippen molar-refractivity contribution in [3.05, 3.63) is 105 Å². The van der Waals surface area contributed by atoms with Gasteiger partial charge >= 0.3 is 0 Å². The van der Waals surface area contributed by atoms with Crippen LogP contribution in [0.25, 0.3) is 0 Å². The second-order valence-corrected chi connectivity index (χ2v) is 10.3. The number of carbonyl (C=O) groups is 2. The minimum Gasteiger partial charge on any atom is -0.355 e. The number of nitrogens with one attached hydrogen (secondary N) is 2. The molecule has 0 saturated heterocycles. The Balaban J connectivity index is 1.66. The van der Waals surface area contributed by atoms with Crippen molar-refractivity contribution in [2.75, 3.05) is 0 Å². The smallest absolute Gasteiger partial charge is 0.207 e. The molecule has 0 radical (unpaired) electrons. The molecule has 3 aromatic carbocycles. The highest BCUT2D eigenvalue weighted by Crippen LogP contribution is 2.46. The van der Waals surface area contributed by atoms with E-state index in [9.17, 15) is 14.0 Å². The highest BCUT2D eigenvalue weighted by Gasteiger charge is 2.45. The number of nitrogens with zero attached hydrogens (tertiary/aromatic N) is 2. The van der Waals surface area contributed by atoms with E-state index in [0.29, 0.717) is 38.8 Å². The summed E-state index contributed by atoms with van der Waals surface area (Å²) < 4.78 is 13.6. The molecule has 0 unspecified atom stereocenters. The SMILES string of the molecule is C[C@@H](N)CC1(C2=NN=C(c3ccc(F)cc3)C2)c2ccc(CNC=O)cc2CCc2cc(CNC=O)ccc21. The third-order valence-electron chi connectivity index (χ3n) is 7.63. The molecule has 39 heavy (non-hydrogen) atoms. The predicted molar refractivity (Wildman–Crippen MR) is 150 cm³/mol. The lowest BCUT2D eigenvalue weighted by atomic mass is 9.64. The summed E-state index contributed by atoms with van der Waals surface area (Å²) in [5.41, 5.74) is 15.2. The Morgan fingerprint density at radius 2 is 1.46 bits per heavy atom. The lowest BCUT2D eigenvalue weighted by Gasteiger charge is -2.38. The van der Waals surface area contributed by atoms with Crippen molar-refractivity contribution < 1.29 is 14.0 Å². The van der Waals surface area contributed by atoms with Crippen LogP contribution in [0.15, 0.2) is 70.9 Å².